The number of hydrogen-bond donors (Lipinski definition) is 2. The molecule has 7 nitrogen and oxygen atoms in total. The third-order valence-corrected chi connectivity index (χ3v) is 7.56. The number of nitrogens with zero attached hydrogens (tertiary/aromatic N) is 3. The fourth-order valence-corrected chi connectivity index (χ4v) is 5.46. The normalized spacial score (nSPS) is 16.8. The summed E-state index contributed by atoms with van der Waals surface area (Å²) >= 11 is 3.54. The molecule has 2 atom stereocenters. The number of rotatable bonds is 7. The maximum atomic E-state index is 13.6. The Morgan fingerprint density at radius 3 is 2.38 bits per heavy atom. The Bertz CT molecular complexity index is 1820. The van der Waals surface area contributed by atoms with Crippen LogP contribution < -0.4 is 10.7 Å². The van der Waals surface area contributed by atoms with Gasteiger partial charge in [-0.1, -0.05) is 88.7 Å². The predicted octanol–water partition coefficient (Wildman–Crippen LogP) is 6.09. The fourth-order valence-electron chi connectivity index (χ4n) is 5.10. The minimum absolute atomic E-state index is 0.0391. The van der Waals surface area contributed by atoms with Crippen molar-refractivity contribution < 1.29 is 14.0 Å². The lowest BCUT2D eigenvalue weighted by atomic mass is 9.91. The largest absolute Gasteiger partial charge is 0.341 e. The van der Waals surface area contributed by atoms with E-state index in [-0.39, 0.29) is 36.3 Å². The van der Waals surface area contributed by atoms with Crippen LogP contribution in [-0.2, 0) is 16.1 Å². The number of fused-ring (bicyclic) bond motifs is 1. The Hall–Kier alpha value is -4.89. The van der Waals surface area contributed by atoms with Crippen LogP contribution in [0.3, 0.4) is 0 Å². The van der Waals surface area contributed by atoms with Crippen molar-refractivity contribution in [3.05, 3.63) is 142 Å². The zero-order valence-electron chi connectivity index (χ0n) is 22.2. The zero-order valence-corrected chi connectivity index (χ0v) is 23.8. The lowest BCUT2D eigenvalue weighted by Gasteiger charge is -2.31. The van der Waals surface area contributed by atoms with Crippen molar-refractivity contribution in [3.8, 4) is 0 Å². The smallest absolute Gasteiger partial charge is 0.270 e. The second kappa shape index (κ2) is 11.9. The minimum atomic E-state index is -0.360. The van der Waals surface area contributed by atoms with E-state index in [1.54, 1.807) is 22.9 Å². The topological polar surface area (TPSA) is 87.8 Å². The van der Waals surface area contributed by atoms with Gasteiger partial charge in [0.25, 0.3) is 11.8 Å². The van der Waals surface area contributed by atoms with E-state index in [1.807, 2.05) is 78.9 Å². The van der Waals surface area contributed by atoms with Gasteiger partial charge in [0.05, 0.1) is 12.3 Å². The molecule has 0 spiro atoms. The van der Waals surface area contributed by atoms with Gasteiger partial charge in [-0.05, 0) is 47.0 Å². The van der Waals surface area contributed by atoms with Gasteiger partial charge in [-0.3, -0.25) is 14.6 Å². The molecule has 1 aliphatic heterocycles. The number of aromatic nitrogens is 1. The van der Waals surface area contributed by atoms with Crippen LogP contribution in [0.2, 0.25) is 0 Å². The summed E-state index contributed by atoms with van der Waals surface area (Å²) in [7, 11) is 0. The van der Waals surface area contributed by atoms with E-state index in [4.69, 9.17) is 4.99 Å². The van der Waals surface area contributed by atoms with Crippen LogP contribution in [-0.4, -0.2) is 28.3 Å². The molecule has 0 aliphatic carbocycles. The molecule has 5 aromatic rings. The Balaban J connectivity index is 1.35. The first-order valence-corrected chi connectivity index (χ1v) is 14.1. The third-order valence-electron chi connectivity index (χ3n) is 7.07. The van der Waals surface area contributed by atoms with Gasteiger partial charge in [-0.25, -0.2) is 9.82 Å². The monoisotopic (exact) mass is 621 g/mol. The highest BCUT2D eigenvalue weighted by Crippen LogP contribution is 2.37. The van der Waals surface area contributed by atoms with E-state index in [0.29, 0.717) is 16.8 Å². The first kappa shape index (κ1) is 27.3. The molecule has 2 amide bonds. The Kier molecular flexibility index (Phi) is 7.74. The molecule has 0 unspecified atom stereocenters. The molecule has 0 radical (unpaired) electrons. The van der Waals surface area contributed by atoms with Gasteiger partial charge in [0.15, 0.2) is 0 Å². The van der Waals surface area contributed by atoms with Gasteiger partial charge in [-0.15, -0.1) is 0 Å². The van der Waals surface area contributed by atoms with E-state index < -0.39 is 0 Å². The van der Waals surface area contributed by atoms with Gasteiger partial charge < -0.3 is 9.88 Å². The summed E-state index contributed by atoms with van der Waals surface area (Å²) in [5.74, 6) is -0.996. The quantitative estimate of drug-likeness (QED) is 0.170. The number of aliphatic imine (C=N–C) groups is 1. The van der Waals surface area contributed by atoms with Crippen molar-refractivity contribution in [2.45, 2.75) is 18.6 Å². The number of halogens is 2. The van der Waals surface area contributed by atoms with E-state index >= 15 is 0 Å². The van der Waals surface area contributed by atoms with Crippen molar-refractivity contribution in [2.75, 3.05) is 0 Å². The molecule has 1 aromatic heterocycles. The highest BCUT2D eigenvalue weighted by Gasteiger charge is 2.34. The molecule has 208 valence electrons. The van der Waals surface area contributed by atoms with Crippen molar-refractivity contribution >= 4 is 50.6 Å². The summed E-state index contributed by atoms with van der Waals surface area (Å²) in [6.07, 6.45) is 3.23. The van der Waals surface area contributed by atoms with Crippen molar-refractivity contribution in [2.24, 2.45) is 10.1 Å². The first-order valence-electron chi connectivity index (χ1n) is 13.3. The average molecular weight is 622 g/mol. The van der Waals surface area contributed by atoms with E-state index in [1.165, 1.54) is 18.3 Å². The summed E-state index contributed by atoms with van der Waals surface area (Å²) < 4.78 is 15.8. The number of carbonyl (C=O) groups excluding carboxylic acids is 2. The molecule has 4 aromatic carbocycles. The maximum Gasteiger partial charge on any atom is 0.270 e. The van der Waals surface area contributed by atoms with Gasteiger partial charge in [0.1, 0.15) is 24.1 Å². The van der Waals surface area contributed by atoms with Gasteiger partial charge in [0.2, 0.25) is 0 Å². The molecule has 2 heterocycles. The van der Waals surface area contributed by atoms with Gasteiger partial charge in [-0.2, -0.15) is 5.10 Å². The zero-order chi connectivity index (χ0) is 29.1. The number of carbonyl (C=O) groups is 2. The fraction of sp³-hybridized carbons (Fsp3) is 0.0909. The highest BCUT2D eigenvalue weighted by atomic mass is 79.9. The second-order valence-electron chi connectivity index (χ2n) is 9.87. The second-order valence-corrected chi connectivity index (χ2v) is 10.8. The Morgan fingerprint density at radius 2 is 1.67 bits per heavy atom. The van der Waals surface area contributed by atoms with E-state index in [0.717, 1.165) is 26.5 Å². The van der Waals surface area contributed by atoms with Gasteiger partial charge in [0, 0.05) is 27.1 Å². The summed E-state index contributed by atoms with van der Waals surface area (Å²) in [5, 5.41) is 7.97. The SMILES string of the molecule is O=C(Cn1cc(C2=N[C@@H](c3ccccc3)[C@H](c3ccccc3)NC2=O)c2cc(Br)ccc21)NN=Cc1ccc(F)cc1. The third kappa shape index (κ3) is 5.77. The molecular formula is C33H25BrFN5O2. The molecule has 6 rings (SSSR count). The molecule has 0 fully saturated rings. The summed E-state index contributed by atoms with van der Waals surface area (Å²) in [4.78, 5) is 31.5. The van der Waals surface area contributed by atoms with Crippen LogP contribution in [0.25, 0.3) is 10.9 Å². The van der Waals surface area contributed by atoms with Crippen LogP contribution >= 0.6 is 15.9 Å². The summed E-state index contributed by atoms with van der Waals surface area (Å²) in [6.45, 7) is -0.0391. The maximum absolute atomic E-state index is 13.6. The van der Waals surface area contributed by atoms with E-state index in [2.05, 4.69) is 31.8 Å². The molecular weight excluding hydrogens is 597 g/mol. The van der Waals surface area contributed by atoms with Crippen LogP contribution in [0.1, 0.15) is 34.3 Å². The van der Waals surface area contributed by atoms with Crippen molar-refractivity contribution in [1.82, 2.24) is 15.3 Å². The van der Waals surface area contributed by atoms with Crippen LogP contribution in [0.4, 0.5) is 4.39 Å². The lowest BCUT2D eigenvalue weighted by Crippen LogP contribution is -2.42. The lowest BCUT2D eigenvalue weighted by molar-refractivity contribution is -0.121. The average Bonchev–Trinajstić information content (AvgIpc) is 3.35. The van der Waals surface area contributed by atoms with Crippen LogP contribution in [0.5, 0.6) is 0 Å². The summed E-state index contributed by atoms with van der Waals surface area (Å²) in [5.41, 5.74) is 6.80. The number of hydrazone groups is 1. The Morgan fingerprint density at radius 1 is 0.976 bits per heavy atom. The number of nitrogens with one attached hydrogen (secondary N) is 2. The number of hydrogen-bond acceptors (Lipinski definition) is 4. The Labute approximate surface area is 249 Å². The van der Waals surface area contributed by atoms with Crippen LogP contribution in [0.15, 0.2) is 124 Å². The number of amides is 2. The standard InChI is InChI=1S/C33H25BrFN5O2/c34-24-13-16-28-26(17-24)27(19-40(28)20-29(41)39-36-18-21-11-14-25(35)15-12-21)32-33(42)38-31(23-9-5-2-6-10-23)30(37-32)22-7-3-1-4-8-22/h1-19,30-31H,20H2,(H,38,42)(H,39,41)/t30-,31-/m0/s1. The van der Waals surface area contributed by atoms with Crippen molar-refractivity contribution in [3.63, 3.8) is 0 Å². The predicted molar refractivity (Wildman–Crippen MR) is 165 cm³/mol. The first-order chi connectivity index (χ1) is 20.5. The molecule has 42 heavy (non-hydrogen) atoms. The highest BCUT2D eigenvalue weighted by molar-refractivity contribution is 9.10. The number of benzene rings is 4. The molecule has 0 bridgehead atoms. The molecule has 0 saturated carbocycles. The summed E-state index contributed by atoms with van der Waals surface area (Å²) in [6, 6.07) is 30.5. The van der Waals surface area contributed by atoms with E-state index in [9.17, 15) is 14.0 Å². The molecule has 0 saturated heterocycles. The van der Waals surface area contributed by atoms with Crippen LogP contribution in [0, 0.1) is 5.82 Å². The van der Waals surface area contributed by atoms with Crippen molar-refractivity contribution in [1.29, 1.82) is 0 Å². The molecule has 9 heteroatoms. The molecule has 2 N–H and O–H groups in total. The molecule has 1 aliphatic rings. The minimum Gasteiger partial charge on any atom is -0.341 e. The van der Waals surface area contributed by atoms with Gasteiger partial charge >= 0.3 is 0 Å².